The summed E-state index contributed by atoms with van der Waals surface area (Å²) in [7, 11) is 1.80. The fourth-order valence-electron chi connectivity index (χ4n) is 1.71. The summed E-state index contributed by atoms with van der Waals surface area (Å²) in [4.78, 5) is 13.7. The first kappa shape index (κ1) is 20.0. The van der Waals surface area contributed by atoms with Crippen molar-refractivity contribution in [1.29, 1.82) is 0 Å². The molecule has 6 heteroatoms. The van der Waals surface area contributed by atoms with Crippen LogP contribution in [0.4, 0.5) is 0 Å². The lowest BCUT2D eigenvalue weighted by Crippen LogP contribution is -2.40. The third kappa shape index (κ3) is 7.02. The number of hydrogen-bond donors (Lipinski definition) is 1. The van der Waals surface area contributed by atoms with Crippen molar-refractivity contribution < 1.29 is 9.53 Å². The maximum absolute atomic E-state index is 12.0. The smallest absolute Gasteiger partial charge is 0.226 e. The predicted molar refractivity (Wildman–Crippen MR) is 89.3 cm³/mol. The van der Waals surface area contributed by atoms with Crippen molar-refractivity contribution in [2.75, 3.05) is 20.2 Å². The highest BCUT2D eigenvalue weighted by molar-refractivity contribution is 6.30. The van der Waals surface area contributed by atoms with Gasteiger partial charge in [-0.15, -0.1) is 12.4 Å². The van der Waals surface area contributed by atoms with Crippen molar-refractivity contribution in [1.82, 2.24) is 4.90 Å². The average Bonchev–Trinajstić information content (AvgIpc) is 2.43. The van der Waals surface area contributed by atoms with Crippen molar-refractivity contribution in [2.24, 2.45) is 11.7 Å². The number of carbonyl (C=O) groups excluding carboxylic acids is 1. The third-order valence-corrected chi connectivity index (χ3v) is 3.53. The molecule has 0 fully saturated rings. The minimum absolute atomic E-state index is 0. The van der Waals surface area contributed by atoms with Gasteiger partial charge in [0.1, 0.15) is 5.75 Å². The molecule has 1 aromatic carbocycles. The van der Waals surface area contributed by atoms with Crippen LogP contribution in [-0.4, -0.2) is 37.0 Å². The van der Waals surface area contributed by atoms with Crippen LogP contribution >= 0.6 is 24.0 Å². The Labute approximate surface area is 138 Å². The summed E-state index contributed by atoms with van der Waals surface area (Å²) in [6.45, 7) is 4.92. The van der Waals surface area contributed by atoms with Gasteiger partial charge in [-0.1, -0.05) is 18.5 Å². The molecule has 0 saturated heterocycles. The second-order valence-corrected chi connectivity index (χ2v) is 5.50. The molecule has 0 aliphatic heterocycles. The fourth-order valence-corrected chi connectivity index (χ4v) is 1.83. The molecule has 1 amide bonds. The number of rotatable bonds is 7. The van der Waals surface area contributed by atoms with E-state index in [9.17, 15) is 4.79 Å². The van der Waals surface area contributed by atoms with Crippen LogP contribution in [0.25, 0.3) is 0 Å². The van der Waals surface area contributed by atoms with Crippen LogP contribution in [0.1, 0.15) is 20.3 Å². The molecule has 120 valence electrons. The highest BCUT2D eigenvalue weighted by atomic mass is 35.5. The second kappa shape index (κ2) is 9.87. The van der Waals surface area contributed by atoms with E-state index in [1.54, 1.807) is 24.1 Å². The van der Waals surface area contributed by atoms with Gasteiger partial charge in [0.15, 0.2) is 0 Å². The zero-order valence-electron chi connectivity index (χ0n) is 12.7. The van der Waals surface area contributed by atoms with Gasteiger partial charge in [0.05, 0.1) is 12.5 Å². The molecule has 2 N–H and O–H groups in total. The van der Waals surface area contributed by atoms with Crippen molar-refractivity contribution in [3.8, 4) is 5.75 Å². The summed E-state index contributed by atoms with van der Waals surface area (Å²) in [5.74, 6) is 0.705. The van der Waals surface area contributed by atoms with Crippen LogP contribution in [0.15, 0.2) is 24.3 Å². The Hall–Kier alpha value is -0.970. The highest BCUT2D eigenvalue weighted by Crippen LogP contribution is 2.15. The van der Waals surface area contributed by atoms with Crippen LogP contribution in [0, 0.1) is 5.92 Å². The number of carbonyl (C=O) groups is 1. The normalized spacial score (nSPS) is 13.0. The van der Waals surface area contributed by atoms with E-state index in [0.29, 0.717) is 18.2 Å². The maximum atomic E-state index is 12.0. The summed E-state index contributed by atoms with van der Waals surface area (Å²) >= 11 is 5.79. The van der Waals surface area contributed by atoms with Crippen LogP contribution < -0.4 is 10.5 Å². The van der Waals surface area contributed by atoms with Gasteiger partial charge in [0.25, 0.3) is 0 Å². The number of hydrogen-bond acceptors (Lipinski definition) is 3. The predicted octanol–water partition coefficient (Wildman–Crippen LogP) is 2.97. The summed E-state index contributed by atoms with van der Waals surface area (Å²) in [5, 5.41) is 0.688. The number of nitrogens with two attached hydrogens (primary N) is 1. The molecule has 0 bridgehead atoms. The minimum Gasteiger partial charge on any atom is -0.494 e. The summed E-state index contributed by atoms with van der Waals surface area (Å²) in [6, 6.07) is 7.11. The van der Waals surface area contributed by atoms with Gasteiger partial charge in [-0.3, -0.25) is 4.79 Å². The van der Waals surface area contributed by atoms with Crippen molar-refractivity contribution >= 4 is 29.9 Å². The van der Waals surface area contributed by atoms with Gasteiger partial charge in [0, 0.05) is 24.7 Å². The van der Waals surface area contributed by atoms with E-state index in [1.165, 1.54) is 0 Å². The molecule has 21 heavy (non-hydrogen) atoms. The molecule has 0 heterocycles. The molecular weight excluding hydrogens is 311 g/mol. The molecular formula is C15H24Cl2N2O2. The summed E-state index contributed by atoms with van der Waals surface area (Å²) in [6.07, 6.45) is 0.774. The summed E-state index contributed by atoms with van der Waals surface area (Å²) < 4.78 is 5.58. The molecule has 0 radical (unpaired) electrons. The minimum atomic E-state index is -0.155. The monoisotopic (exact) mass is 334 g/mol. The third-order valence-electron chi connectivity index (χ3n) is 3.27. The summed E-state index contributed by atoms with van der Waals surface area (Å²) in [5.41, 5.74) is 5.73. The number of amides is 1. The van der Waals surface area contributed by atoms with Crippen LogP contribution in [0.5, 0.6) is 5.75 Å². The quantitative estimate of drug-likeness (QED) is 0.780. The number of nitrogens with zero attached hydrogens (tertiary/aromatic N) is 1. The van der Waals surface area contributed by atoms with Crippen molar-refractivity contribution in [3.05, 3.63) is 29.3 Å². The molecule has 0 saturated carbocycles. The largest absolute Gasteiger partial charge is 0.494 e. The van der Waals surface area contributed by atoms with Crippen molar-refractivity contribution in [2.45, 2.75) is 26.3 Å². The molecule has 0 aliphatic rings. The first-order chi connectivity index (χ1) is 9.41. The van der Waals surface area contributed by atoms with Gasteiger partial charge in [-0.25, -0.2) is 0 Å². The lowest BCUT2D eigenvalue weighted by atomic mass is 10.0. The van der Waals surface area contributed by atoms with Gasteiger partial charge in [-0.2, -0.15) is 0 Å². The lowest BCUT2D eigenvalue weighted by molar-refractivity contribution is -0.134. The fraction of sp³-hybridized carbons (Fsp3) is 0.533. The zero-order chi connectivity index (χ0) is 15.1. The Kier molecular flexibility index (Phi) is 9.42. The lowest BCUT2D eigenvalue weighted by Gasteiger charge is -2.23. The molecule has 0 aliphatic carbocycles. The van der Waals surface area contributed by atoms with Gasteiger partial charge in [-0.05, 0) is 37.6 Å². The van der Waals surface area contributed by atoms with E-state index < -0.39 is 0 Å². The molecule has 0 spiro atoms. The number of halogens is 2. The molecule has 0 aromatic heterocycles. The van der Waals surface area contributed by atoms with Gasteiger partial charge < -0.3 is 15.4 Å². The van der Waals surface area contributed by atoms with E-state index in [4.69, 9.17) is 22.1 Å². The Morgan fingerprint density at radius 2 is 1.90 bits per heavy atom. The number of benzene rings is 1. The van der Waals surface area contributed by atoms with E-state index in [2.05, 4.69) is 0 Å². The molecule has 2 atom stereocenters. The van der Waals surface area contributed by atoms with E-state index in [1.807, 2.05) is 26.0 Å². The number of ether oxygens (including phenoxy) is 1. The second-order valence-electron chi connectivity index (χ2n) is 5.06. The van der Waals surface area contributed by atoms with Gasteiger partial charge in [0.2, 0.25) is 5.91 Å². The van der Waals surface area contributed by atoms with E-state index >= 15 is 0 Å². The molecule has 1 aromatic rings. The Bertz CT molecular complexity index is 424. The Morgan fingerprint density at radius 1 is 1.33 bits per heavy atom. The Morgan fingerprint density at radius 3 is 2.43 bits per heavy atom. The zero-order valence-corrected chi connectivity index (χ0v) is 14.3. The van der Waals surface area contributed by atoms with Crippen LogP contribution in [0.2, 0.25) is 5.02 Å². The topological polar surface area (TPSA) is 55.6 Å². The molecule has 4 nitrogen and oxygen atoms in total. The average molecular weight is 335 g/mol. The maximum Gasteiger partial charge on any atom is 0.226 e. The van der Waals surface area contributed by atoms with E-state index in [0.717, 1.165) is 12.2 Å². The van der Waals surface area contributed by atoms with Crippen LogP contribution in [0.3, 0.4) is 0 Å². The van der Waals surface area contributed by atoms with E-state index in [-0.39, 0.29) is 30.3 Å². The molecule has 2 unspecified atom stereocenters. The molecule has 1 rings (SSSR count). The first-order valence-electron chi connectivity index (χ1n) is 6.80. The van der Waals surface area contributed by atoms with Gasteiger partial charge >= 0.3 is 0 Å². The van der Waals surface area contributed by atoms with Crippen molar-refractivity contribution in [3.63, 3.8) is 0 Å². The first-order valence-corrected chi connectivity index (χ1v) is 7.18. The van der Waals surface area contributed by atoms with Crippen LogP contribution in [-0.2, 0) is 4.79 Å². The Balaban J connectivity index is 0.00000400. The highest BCUT2D eigenvalue weighted by Gasteiger charge is 2.20. The standard InChI is InChI=1S/C15H23ClN2O2.ClH/c1-11(12(2)17)15(19)18(3)9-4-10-20-14-7-5-13(16)6-8-14;/h5-8,11-12H,4,9-10,17H2,1-3H3;1H. The SMILES string of the molecule is CC(N)C(C)C(=O)N(C)CCCOc1ccc(Cl)cc1.Cl.